The van der Waals surface area contributed by atoms with E-state index in [0.29, 0.717) is 24.4 Å². The molecular weight excluding hydrogens is 334 g/mol. The van der Waals surface area contributed by atoms with Gasteiger partial charge in [-0.25, -0.2) is 4.98 Å². The molecule has 26 heavy (non-hydrogen) atoms. The summed E-state index contributed by atoms with van der Waals surface area (Å²) in [5, 5.41) is 16.9. The lowest BCUT2D eigenvalue weighted by Gasteiger charge is -2.25. The minimum Gasteiger partial charge on any atom is -0.507 e. The van der Waals surface area contributed by atoms with Gasteiger partial charge in [0.1, 0.15) is 12.0 Å². The summed E-state index contributed by atoms with van der Waals surface area (Å²) in [6.45, 7) is 3.10. The molecule has 2 atom stereocenters. The summed E-state index contributed by atoms with van der Waals surface area (Å²) < 4.78 is 7.27. The van der Waals surface area contributed by atoms with Crippen molar-refractivity contribution < 1.29 is 9.84 Å². The molecule has 8 nitrogen and oxygen atoms in total. The van der Waals surface area contributed by atoms with Gasteiger partial charge in [0.15, 0.2) is 5.82 Å². The van der Waals surface area contributed by atoms with E-state index in [1.54, 1.807) is 16.8 Å². The van der Waals surface area contributed by atoms with E-state index < -0.39 is 0 Å². The lowest BCUT2D eigenvalue weighted by atomic mass is 10.0. The standard InChI is InChI=1S/C18H23N5O3/c19-16-18(25)23(12-2-1-5-20-9-12)10-14(22-16)13-8-11(3-4-15(13)24)17-21-6-7-26-17/h3-4,8,10,12,17,20-21,24H,1-2,5-7,9H2,(H2,19,22). The van der Waals surface area contributed by atoms with Crippen molar-refractivity contribution in [1.29, 1.82) is 0 Å². The molecule has 0 bridgehead atoms. The van der Waals surface area contributed by atoms with Crippen LogP contribution in [-0.2, 0) is 4.74 Å². The fourth-order valence-corrected chi connectivity index (χ4v) is 3.56. The highest BCUT2D eigenvalue weighted by Crippen LogP contribution is 2.32. The van der Waals surface area contributed by atoms with Crippen molar-refractivity contribution in [2.75, 3.05) is 32.0 Å². The van der Waals surface area contributed by atoms with Crippen LogP contribution in [-0.4, -0.2) is 40.9 Å². The zero-order valence-corrected chi connectivity index (χ0v) is 14.4. The first-order valence-corrected chi connectivity index (χ1v) is 8.91. The van der Waals surface area contributed by atoms with E-state index >= 15 is 0 Å². The molecule has 2 fully saturated rings. The second-order valence-corrected chi connectivity index (χ2v) is 6.71. The third-order valence-corrected chi connectivity index (χ3v) is 4.94. The van der Waals surface area contributed by atoms with Crippen LogP contribution < -0.4 is 21.9 Å². The molecule has 1 aromatic carbocycles. The molecule has 0 radical (unpaired) electrons. The smallest absolute Gasteiger partial charge is 0.293 e. The third-order valence-electron chi connectivity index (χ3n) is 4.94. The number of nitrogens with two attached hydrogens (primary N) is 1. The van der Waals surface area contributed by atoms with E-state index in [2.05, 4.69) is 15.6 Å². The van der Waals surface area contributed by atoms with Crippen molar-refractivity contribution in [1.82, 2.24) is 20.2 Å². The number of nitrogens with one attached hydrogen (secondary N) is 2. The molecule has 5 N–H and O–H groups in total. The number of hydrogen-bond donors (Lipinski definition) is 4. The summed E-state index contributed by atoms with van der Waals surface area (Å²) in [7, 11) is 0. The molecule has 2 unspecified atom stereocenters. The normalized spacial score (nSPS) is 23.2. The number of ether oxygens (including phenoxy) is 1. The molecule has 1 aromatic heterocycles. The number of phenolic OH excluding ortho intramolecular Hbond substituents is 1. The SMILES string of the molecule is Nc1nc(-c2cc(C3NCCO3)ccc2O)cn(C2CCCNC2)c1=O. The second-order valence-electron chi connectivity index (χ2n) is 6.71. The average Bonchev–Trinajstić information content (AvgIpc) is 3.20. The Morgan fingerprint density at radius 3 is 2.96 bits per heavy atom. The van der Waals surface area contributed by atoms with Crippen LogP contribution in [0.1, 0.15) is 30.7 Å². The van der Waals surface area contributed by atoms with Gasteiger partial charge in [0, 0.05) is 30.9 Å². The van der Waals surface area contributed by atoms with E-state index in [0.717, 1.165) is 31.5 Å². The summed E-state index contributed by atoms with van der Waals surface area (Å²) in [6.07, 6.45) is 3.39. The molecule has 0 aliphatic carbocycles. The molecular formula is C18H23N5O3. The van der Waals surface area contributed by atoms with Gasteiger partial charge in [0.25, 0.3) is 5.56 Å². The maximum Gasteiger partial charge on any atom is 0.293 e. The Morgan fingerprint density at radius 2 is 2.23 bits per heavy atom. The number of piperidine rings is 1. The first-order chi connectivity index (χ1) is 12.6. The largest absolute Gasteiger partial charge is 0.507 e. The van der Waals surface area contributed by atoms with E-state index in [-0.39, 0.29) is 29.4 Å². The highest BCUT2D eigenvalue weighted by atomic mass is 16.5. The third kappa shape index (κ3) is 3.18. The van der Waals surface area contributed by atoms with Gasteiger partial charge in [0.2, 0.25) is 0 Å². The highest BCUT2D eigenvalue weighted by Gasteiger charge is 2.21. The Labute approximate surface area is 151 Å². The van der Waals surface area contributed by atoms with Gasteiger partial charge in [-0.2, -0.15) is 0 Å². The van der Waals surface area contributed by atoms with Crippen LogP contribution in [0.5, 0.6) is 5.75 Å². The van der Waals surface area contributed by atoms with Crippen molar-refractivity contribution in [2.45, 2.75) is 25.1 Å². The number of aromatic nitrogens is 2. The molecule has 2 saturated heterocycles. The minimum absolute atomic E-state index is 0.0328. The number of nitrogen functional groups attached to an aromatic ring is 1. The van der Waals surface area contributed by atoms with Crippen molar-refractivity contribution in [3.8, 4) is 17.0 Å². The van der Waals surface area contributed by atoms with Crippen LogP contribution in [0.3, 0.4) is 0 Å². The Morgan fingerprint density at radius 1 is 1.35 bits per heavy atom. The van der Waals surface area contributed by atoms with Crippen molar-refractivity contribution in [2.24, 2.45) is 0 Å². The number of benzene rings is 1. The zero-order chi connectivity index (χ0) is 18.1. The van der Waals surface area contributed by atoms with Crippen molar-refractivity contribution in [3.05, 3.63) is 40.3 Å². The molecule has 0 amide bonds. The lowest BCUT2D eigenvalue weighted by Crippen LogP contribution is -2.37. The van der Waals surface area contributed by atoms with Gasteiger partial charge in [-0.1, -0.05) is 6.07 Å². The molecule has 2 aliphatic heterocycles. The molecule has 2 aliphatic rings. The maximum atomic E-state index is 12.5. The topological polar surface area (TPSA) is 114 Å². The average molecular weight is 357 g/mol. The minimum atomic E-state index is -0.293. The summed E-state index contributed by atoms with van der Waals surface area (Å²) in [4.78, 5) is 16.7. The summed E-state index contributed by atoms with van der Waals surface area (Å²) in [5.41, 5.74) is 7.50. The van der Waals surface area contributed by atoms with Crippen LogP contribution in [0.25, 0.3) is 11.3 Å². The summed E-state index contributed by atoms with van der Waals surface area (Å²) in [6, 6.07) is 5.29. The number of anilines is 1. The lowest BCUT2D eigenvalue weighted by molar-refractivity contribution is 0.102. The zero-order valence-electron chi connectivity index (χ0n) is 14.4. The van der Waals surface area contributed by atoms with E-state index in [1.165, 1.54) is 0 Å². The van der Waals surface area contributed by atoms with Crippen molar-refractivity contribution in [3.63, 3.8) is 0 Å². The van der Waals surface area contributed by atoms with Gasteiger partial charge >= 0.3 is 0 Å². The van der Waals surface area contributed by atoms with Gasteiger partial charge in [-0.3, -0.25) is 10.1 Å². The van der Waals surface area contributed by atoms with Crippen molar-refractivity contribution >= 4 is 5.82 Å². The monoisotopic (exact) mass is 357 g/mol. The first-order valence-electron chi connectivity index (χ1n) is 8.91. The molecule has 0 saturated carbocycles. The Balaban J connectivity index is 1.76. The van der Waals surface area contributed by atoms with Crippen LogP contribution >= 0.6 is 0 Å². The maximum absolute atomic E-state index is 12.5. The predicted octanol–water partition coefficient (Wildman–Crippen LogP) is 0.741. The Hall–Kier alpha value is -2.42. The summed E-state index contributed by atoms with van der Waals surface area (Å²) in [5.74, 6) is 0.0266. The fraction of sp³-hybridized carbons (Fsp3) is 0.444. The predicted molar refractivity (Wildman–Crippen MR) is 97.8 cm³/mol. The number of aromatic hydroxyl groups is 1. The van der Waals surface area contributed by atoms with Crippen LogP contribution in [0.2, 0.25) is 0 Å². The number of rotatable bonds is 3. The number of phenols is 1. The van der Waals surface area contributed by atoms with E-state index in [1.807, 2.05) is 12.1 Å². The Bertz CT molecular complexity index is 854. The Kier molecular flexibility index (Phi) is 4.62. The fourth-order valence-electron chi connectivity index (χ4n) is 3.56. The molecule has 4 rings (SSSR count). The first kappa shape index (κ1) is 17.0. The molecule has 138 valence electrons. The van der Waals surface area contributed by atoms with E-state index in [9.17, 15) is 9.90 Å². The summed E-state index contributed by atoms with van der Waals surface area (Å²) >= 11 is 0. The van der Waals surface area contributed by atoms with Crippen LogP contribution in [0.4, 0.5) is 5.82 Å². The number of hydrogen-bond acceptors (Lipinski definition) is 7. The van der Waals surface area contributed by atoms with Crippen LogP contribution in [0, 0.1) is 0 Å². The molecule has 3 heterocycles. The van der Waals surface area contributed by atoms with Gasteiger partial charge < -0.3 is 25.5 Å². The molecule has 0 spiro atoms. The quantitative estimate of drug-likeness (QED) is 0.640. The van der Waals surface area contributed by atoms with Crippen LogP contribution in [0.15, 0.2) is 29.2 Å². The van der Waals surface area contributed by atoms with E-state index in [4.69, 9.17) is 10.5 Å². The molecule has 2 aromatic rings. The number of nitrogens with zero attached hydrogens (tertiary/aromatic N) is 2. The second kappa shape index (κ2) is 7.06. The van der Waals surface area contributed by atoms with Gasteiger partial charge in [0.05, 0.1) is 12.3 Å². The molecule has 8 heteroatoms. The van der Waals surface area contributed by atoms with Gasteiger partial charge in [-0.15, -0.1) is 0 Å². The van der Waals surface area contributed by atoms with Gasteiger partial charge in [-0.05, 0) is 37.1 Å². The highest BCUT2D eigenvalue weighted by molar-refractivity contribution is 5.68.